The third-order valence-electron chi connectivity index (χ3n) is 5.15. The predicted molar refractivity (Wildman–Crippen MR) is 126 cm³/mol. The van der Waals surface area contributed by atoms with Crippen molar-refractivity contribution in [3.63, 3.8) is 0 Å². The lowest BCUT2D eigenvalue weighted by Gasteiger charge is -2.26. The van der Waals surface area contributed by atoms with Crippen LogP contribution in [-0.2, 0) is 22.7 Å². The summed E-state index contributed by atoms with van der Waals surface area (Å²) < 4.78 is 5.17. The Labute approximate surface area is 188 Å². The third-order valence-corrected chi connectivity index (χ3v) is 6.09. The Bertz CT molecular complexity index is 854. The lowest BCUT2D eigenvalue weighted by Crippen LogP contribution is -2.32. The highest BCUT2D eigenvalue weighted by Crippen LogP contribution is 2.20. The molecule has 31 heavy (non-hydrogen) atoms. The molecular weight excluding hydrogens is 410 g/mol. The summed E-state index contributed by atoms with van der Waals surface area (Å²) in [7, 11) is 0. The van der Waals surface area contributed by atoms with Gasteiger partial charge >= 0.3 is 6.09 Å². The Morgan fingerprint density at radius 1 is 1.06 bits per heavy atom. The summed E-state index contributed by atoms with van der Waals surface area (Å²) in [6.07, 6.45) is 0.423. The number of aryl methyl sites for hydroxylation is 1. The van der Waals surface area contributed by atoms with Gasteiger partial charge in [0.1, 0.15) is 6.61 Å². The normalized spacial score (nSPS) is 14.1. The van der Waals surface area contributed by atoms with Gasteiger partial charge in [-0.2, -0.15) is 11.8 Å². The zero-order valence-electron chi connectivity index (χ0n) is 18.1. The molecule has 7 heteroatoms. The van der Waals surface area contributed by atoms with Crippen molar-refractivity contribution in [2.24, 2.45) is 0 Å². The second-order valence-corrected chi connectivity index (χ2v) is 8.90. The molecule has 0 aliphatic carbocycles. The van der Waals surface area contributed by atoms with E-state index in [0.717, 1.165) is 36.4 Å². The highest BCUT2D eigenvalue weighted by molar-refractivity contribution is 7.99. The summed E-state index contributed by atoms with van der Waals surface area (Å²) in [6, 6.07) is 15.8. The van der Waals surface area contributed by atoms with Crippen LogP contribution in [0.1, 0.15) is 29.5 Å². The number of hydrogen-bond acceptors (Lipinski definition) is 5. The Morgan fingerprint density at radius 2 is 1.84 bits per heavy atom. The van der Waals surface area contributed by atoms with E-state index in [4.69, 9.17) is 4.74 Å². The topological polar surface area (TPSA) is 70.7 Å². The van der Waals surface area contributed by atoms with E-state index in [1.165, 1.54) is 17.1 Å². The molecular formula is C24H31N3O3S. The van der Waals surface area contributed by atoms with Crippen LogP contribution in [-0.4, -0.2) is 48.0 Å². The zero-order valence-corrected chi connectivity index (χ0v) is 18.9. The number of carbonyl (C=O) groups excluding carboxylic acids is 2. The van der Waals surface area contributed by atoms with E-state index >= 15 is 0 Å². The second-order valence-electron chi connectivity index (χ2n) is 7.68. The number of thioether (sulfide) groups is 1. The summed E-state index contributed by atoms with van der Waals surface area (Å²) >= 11 is 2.00. The van der Waals surface area contributed by atoms with Crippen LogP contribution in [0.15, 0.2) is 48.5 Å². The van der Waals surface area contributed by atoms with E-state index < -0.39 is 6.09 Å². The van der Waals surface area contributed by atoms with Crippen LogP contribution in [0.4, 0.5) is 10.5 Å². The average Bonchev–Trinajstić information content (AvgIpc) is 2.79. The number of carbonyl (C=O) groups is 2. The molecule has 2 amide bonds. The number of nitrogens with zero attached hydrogens (tertiary/aromatic N) is 1. The molecule has 166 valence electrons. The number of nitrogens with one attached hydrogen (secondary N) is 2. The lowest BCUT2D eigenvalue weighted by molar-refractivity contribution is -0.116. The van der Waals surface area contributed by atoms with Crippen molar-refractivity contribution >= 4 is 29.4 Å². The summed E-state index contributed by atoms with van der Waals surface area (Å²) in [4.78, 5) is 26.6. The van der Waals surface area contributed by atoms with Gasteiger partial charge in [0.2, 0.25) is 5.91 Å². The molecule has 2 N–H and O–H groups in total. The molecule has 0 atom stereocenters. The maximum atomic E-state index is 12.4. The monoisotopic (exact) mass is 441 g/mol. The van der Waals surface area contributed by atoms with Gasteiger partial charge in [-0.25, -0.2) is 4.79 Å². The number of benzene rings is 2. The van der Waals surface area contributed by atoms with Gasteiger partial charge in [0.15, 0.2) is 0 Å². The van der Waals surface area contributed by atoms with Gasteiger partial charge in [-0.05, 0) is 36.1 Å². The minimum absolute atomic E-state index is 0.0472. The molecule has 1 fully saturated rings. The fraction of sp³-hybridized carbons (Fsp3) is 0.417. The quantitative estimate of drug-likeness (QED) is 0.571. The van der Waals surface area contributed by atoms with Gasteiger partial charge in [-0.1, -0.05) is 42.5 Å². The Balaban J connectivity index is 1.36. The highest BCUT2D eigenvalue weighted by Gasteiger charge is 2.12. The van der Waals surface area contributed by atoms with Crippen LogP contribution in [0.2, 0.25) is 0 Å². The average molecular weight is 442 g/mol. The Kier molecular flexibility index (Phi) is 9.24. The van der Waals surface area contributed by atoms with E-state index in [2.05, 4.69) is 33.7 Å². The van der Waals surface area contributed by atoms with E-state index in [1.807, 2.05) is 49.0 Å². The van der Waals surface area contributed by atoms with E-state index in [-0.39, 0.29) is 12.5 Å². The molecule has 2 aromatic rings. The molecule has 2 aromatic carbocycles. The van der Waals surface area contributed by atoms with E-state index in [0.29, 0.717) is 19.4 Å². The van der Waals surface area contributed by atoms with Gasteiger partial charge in [-0.3, -0.25) is 9.69 Å². The van der Waals surface area contributed by atoms with Gasteiger partial charge in [0, 0.05) is 49.8 Å². The first-order valence-electron chi connectivity index (χ1n) is 10.7. The molecule has 1 aliphatic rings. The molecule has 0 aromatic heterocycles. The Morgan fingerprint density at radius 3 is 2.61 bits per heavy atom. The minimum atomic E-state index is -0.469. The van der Waals surface area contributed by atoms with Gasteiger partial charge in [-0.15, -0.1) is 0 Å². The molecule has 1 aliphatic heterocycles. The highest BCUT2D eigenvalue weighted by atomic mass is 32.2. The van der Waals surface area contributed by atoms with Crippen molar-refractivity contribution in [1.29, 1.82) is 0 Å². The summed E-state index contributed by atoms with van der Waals surface area (Å²) in [5.74, 6) is 2.32. The molecule has 6 nitrogen and oxygen atoms in total. The number of alkyl carbamates (subject to hydrolysis) is 1. The van der Waals surface area contributed by atoms with Crippen LogP contribution >= 0.6 is 11.8 Å². The minimum Gasteiger partial charge on any atom is -0.445 e. The summed E-state index contributed by atoms with van der Waals surface area (Å²) in [6.45, 7) is 5.77. The molecule has 0 unspecified atom stereocenters. The number of rotatable bonds is 9. The fourth-order valence-corrected chi connectivity index (χ4v) is 4.32. The van der Waals surface area contributed by atoms with Crippen LogP contribution in [0, 0.1) is 6.92 Å². The zero-order chi connectivity index (χ0) is 21.9. The first-order chi connectivity index (χ1) is 15.1. The van der Waals surface area contributed by atoms with Gasteiger partial charge in [0.05, 0.1) is 0 Å². The van der Waals surface area contributed by atoms with Crippen LogP contribution < -0.4 is 10.6 Å². The van der Waals surface area contributed by atoms with Crippen molar-refractivity contribution in [2.45, 2.75) is 32.9 Å². The van der Waals surface area contributed by atoms with Crippen molar-refractivity contribution in [3.05, 3.63) is 65.2 Å². The fourth-order valence-electron chi connectivity index (χ4n) is 3.35. The molecule has 0 saturated carbocycles. The summed E-state index contributed by atoms with van der Waals surface area (Å²) in [5.41, 5.74) is 4.07. The Hall–Kier alpha value is -2.51. The predicted octanol–water partition coefficient (Wildman–Crippen LogP) is 4.19. The van der Waals surface area contributed by atoms with E-state index in [9.17, 15) is 9.59 Å². The van der Waals surface area contributed by atoms with Crippen LogP contribution in [0.5, 0.6) is 0 Å². The maximum absolute atomic E-state index is 12.4. The number of amides is 2. The lowest BCUT2D eigenvalue weighted by atomic mass is 10.1. The van der Waals surface area contributed by atoms with Crippen molar-refractivity contribution < 1.29 is 14.3 Å². The van der Waals surface area contributed by atoms with Gasteiger partial charge in [0.25, 0.3) is 0 Å². The van der Waals surface area contributed by atoms with E-state index in [1.54, 1.807) is 0 Å². The first kappa shape index (κ1) is 23.2. The largest absolute Gasteiger partial charge is 0.445 e. The molecule has 0 bridgehead atoms. The van der Waals surface area contributed by atoms with Crippen molar-refractivity contribution in [2.75, 3.05) is 36.5 Å². The standard InChI is InChI=1S/C24H31N3O3S/c1-19-9-10-21(17-27-12-14-31-15-13-27)16-22(19)26-23(28)8-5-11-25-24(29)30-18-20-6-3-2-4-7-20/h2-4,6-7,9-10,16H,5,8,11-15,17-18H2,1H3,(H,25,29)(H,26,28). The molecule has 3 rings (SSSR count). The third kappa shape index (κ3) is 8.26. The second kappa shape index (κ2) is 12.4. The van der Waals surface area contributed by atoms with Crippen molar-refractivity contribution in [1.82, 2.24) is 10.2 Å². The van der Waals surface area contributed by atoms with Crippen molar-refractivity contribution in [3.8, 4) is 0 Å². The van der Waals surface area contributed by atoms with Crippen LogP contribution in [0.3, 0.4) is 0 Å². The number of ether oxygens (including phenoxy) is 1. The molecule has 1 heterocycles. The van der Waals surface area contributed by atoms with Crippen LogP contribution in [0.25, 0.3) is 0 Å². The molecule has 1 saturated heterocycles. The maximum Gasteiger partial charge on any atom is 0.407 e. The summed E-state index contributed by atoms with van der Waals surface area (Å²) in [5, 5.41) is 5.71. The van der Waals surface area contributed by atoms with Gasteiger partial charge < -0.3 is 15.4 Å². The SMILES string of the molecule is Cc1ccc(CN2CCSCC2)cc1NC(=O)CCCNC(=O)OCc1ccccc1. The first-order valence-corrected chi connectivity index (χ1v) is 11.9. The number of hydrogen-bond donors (Lipinski definition) is 2. The molecule has 0 radical (unpaired) electrons. The number of anilines is 1. The smallest absolute Gasteiger partial charge is 0.407 e. The molecule has 0 spiro atoms.